The molecule has 0 aliphatic carbocycles. The van der Waals surface area contributed by atoms with E-state index in [1.54, 1.807) is 0 Å². The third kappa shape index (κ3) is 2.00. The van der Waals surface area contributed by atoms with Crippen LogP contribution in [0.3, 0.4) is 0 Å². The first-order chi connectivity index (χ1) is 6.56. The van der Waals surface area contributed by atoms with E-state index >= 15 is 0 Å². The molecule has 0 saturated heterocycles. The molecule has 0 fully saturated rings. The fraction of sp³-hybridized carbons (Fsp3) is 0.222. The van der Waals surface area contributed by atoms with Crippen LogP contribution in [-0.4, -0.2) is 23.3 Å². The molecule has 0 aromatic heterocycles. The predicted molar refractivity (Wildman–Crippen MR) is 45.5 cm³/mol. The number of carboxylic acids is 1. The summed E-state index contributed by atoms with van der Waals surface area (Å²) in [4.78, 5) is 10.4. The Morgan fingerprint density at radius 2 is 2.21 bits per heavy atom. The smallest absolute Gasteiger partial charge is 0.337 e. The average molecular weight is 200 g/mol. The Hall–Kier alpha value is -1.62. The van der Waals surface area contributed by atoms with E-state index in [0.717, 1.165) is 6.07 Å². The monoisotopic (exact) mass is 200 g/mol. The second-order valence-electron chi connectivity index (χ2n) is 2.63. The number of aliphatic hydroxyl groups is 1. The van der Waals surface area contributed by atoms with Crippen LogP contribution in [0.2, 0.25) is 0 Å². The number of aliphatic carboxylic acids is 1. The van der Waals surface area contributed by atoms with Gasteiger partial charge in [-0.25, -0.2) is 9.18 Å². The number of benzene rings is 1. The maximum Gasteiger partial charge on any atom is 0.337 e. The zero-order valence-electron chi connectivity index (χ0n) is 7.40. The summed E-state index contributed by atoms with van der Waals surface area (Å²) >= 11 is 0. The van der Waals surface area contributed by atoms with E-state index in [1.165, 1.54) is 19.2 Å². The number of hydrogen-bond acceptors (Lipinski definition) is 3. The summed E-state index contributed by atoms with van der Waals surface area (Å²) in [7, 11) is 1.36. The molecule has 4 nitrogen and oxygen atoms in total. The van der Waals surface area contributed by atoms with Gasteiger partial charge in [0.25, 0.3) is 0 Å². The van der Waals surface area contributed by atoms with Crippen LogP contribution >= 0.6 is 0 Å². The average Bonchev–Trinajstić information content (AvgIpc) is 2.16. The molecule has 0 heterocycles. The zero-order valence-corrected chi connectivity index (χ0v) is 7.40. The SMILES string of the molecule is COc1ccc([C@H](O)C(=O)O)c(F)c1. The van der Waals surface area contributed by atoms with Crippen LogP contribution in [0.4, 0.5) is 4.39 Å². The van der Waals surface area contributed by atoms with E-state index < -0.39 is 17.9 Å². The summed E-state index contributed by atoms with van der Waals surface area (Å²) in [5, 5.41) is 17.5. The highest BCUT2D eigenvalue weighted by atomic mass is 19.1. The minimum absolute atomic E-state index is 0.267. The molecule has 1 aromatic carbocycles. The van der Waals surface area contributed by atoms with Gasteiger partial charge in [0.2, 0.25) is 0 Å². The molecule has 0 spiro atoms. The van der Waals surface area contributed by atoms with Gasteiger partial charge >= 0.3 is 5.97 Å². The molecular weight excluding hydrogens is 191 g/mol. The van der Waals surface area contributed by atoms with E-state index in [1.807, 2.05) is 0 Å². The minimum atomic E-state index is -1.85. The topological polar surface area (TPSA) is 66.8 Å². The molecule has 1 atom stereocenters. The van der Waals surface area contributed by atoms with Gasteiger partial charge in [0, 0.05) is 11.6 Å². The van der Waals surface area contributed by atoms with Crippen molar-refractivity contribution in [3.05, 3.63) is 29.6 Å². The number of carbonyl (C=O) groups is 1. The molecule has 0 radical (unpaired) electrons. The third-order valence-corrected chi connectivity index (χ3v) is 1.74. The van der Waals surface area contributed by atoms with Crippen LogP contribution in [0, 0.1) is 5.82 Å². The first-order valence-corrected chi connectivity index (χ1v) is 3.80. The van der Waals surface area contributed by atoms with E-state index in [-0.39, 0.29) is 11.3 Å². The molecule has 76 valence electrons. The number of ether oxygens (including phenoxy) is 1. The standard InChI is InChI=1S/C9H9FO4/c1-14-5-2-3-6(7(10)4-5)8(11)9(12)13/h2-4,8,11H,1H3,(H,12,13)/t8-/m0/s1. The van der Waals surface area contributed by atoms with Crippen molar-refractivity contribution in [1.29, 1.82) is 0 Å². The molecule has 1 rings (SSSR count). The normalized spacial score (nSPS) is 12.2. The molecule has 14 heavy (non-hydrogen) atoms. The second-order valence-corrected chi connectivity index (χ2v) is 2.63. The molecule has 1 aromatic rings. The Balaban J connectivity index is 3.05. The minimum Gasteiger partial charge on any atom is -0.497 e. The number of hydrogen-bond donors (Lipinski definition) is 2. The van der Waals surface area contributed by atoms with Crippen molar-refractivity contribution in [2.45, 2.75) is 6.10 Å². The molecule has 0 unspecified atom stereocenters. The summed E-state index contributed by atoms with van der Waals surface area (Å²) < 4.78 is 17.9. The maximum atomic E-state index is 13.1. The molecule has 0 amide bonds. The Morgan fingerprint density at radius 3 is 2.64 bits per heavy atom. The Labute approximate surface area is 79.6 Å². The van der Waals surface area contributed by atoms with Crippen LogP contribution in [0.15, 0.2) is 18.2 Å². The second kappa shape index (κ2) is 4.06. The van der Waals surface area contributed by atoms with Gasteiger partial charge in [-0.2, -0.15) is 0 Å². The summed E-state index contributed by atoms with van der Waals surface area (Å²) in [6.07, 6.45) is -1.85. The molecule has 2 N–H and O–H groups in total. The molecule has 5 heteroatoms. The van der Waals surface area contributed by atoms with Crippen molar-refractivity contribution in [2.75, 3.05) is 7.11 Å². The van der Waals surface area contributed by atoms with Crippen LogP contribution in [-0.2, 0) is 4.79 Å². The van der Waals surface area contributed by atoms with Crippen molar-refractivity contribution < 1.29 is 24.1 Å². The van der Waals surface area contributed by atoms with Gasteiger partial charge in [0.05, 0.1) is 7.11 Å². The highest BCUT2D eigenvalue weighted by molar-refractivity contribution is 5.74. The summed E-state index contributed by atoms with van der Waals surface area (Å²) in [6.45, 7) is 0. The van der Waals surface area contributed by atoms with Crippen molar-refractivity contribution >= 4 is 5.97 Å². The highest BCUT2D eigenvalue weighted by Gasteiger charge is 2.19. The van der Waals surface area contributed by atoms with Crippen LogP contribution < -0.4 is 4.74 Å². The van der Waals surface area contributed by atoms with E-state index in [9.17, 15) is 9.18 Å². The molecule has 0 saturated carbocycles. The Kier molecular flexibility index (Phi) is 3.03. The van der Waals surface area contributed by atoms with E-state index in [2.05, 4.69) is 0 Å². The molecule has 0 bridgehead atoms. The largest absolute Gasteiger partial charge is 0.497 e. The number of rotatable bonds is 3. The zero-order chi connectivity index (χ0) is 10.7. The highest BCUT2D eigenvalue weighted by Crippen LogP contribution is 2.21. The number of carboxylic acid groups (broad SMARTS) is 1. The van der Waals surface area contributed by atoms with Crippen LogP contribution in [0.1, 0.15) is 11.7 Å². The lowest BCUT2D eigenvalue weighted by Gasteiger charge is -2.08. The van der Waals surface area contributed by atoms with Crippen molar-refractivity contribution in [3.63, 3.8) is 0 Å². The Morgan fingerprint density at radius 1 is 1.57 bits per heavy atom. The van der Waals surface area contributed by atoms with Gasteiger partial charge in [-0.3, -0.25) is 0 Å². The fourth-order valence-corrected chi connectivity index (χ4v) is 0.990. The van der Waals surface area contributed by atoms with Gasteiger partial charge < -0.3 is 14.9 Å². The van der Waals surface area contributed by atoms with Crippen molar-refractivity contribution in [2.24, 2.45) is 0 Å². The van der Waals surface area contributed by atoms with E-state index in [4.69, 9.17) is 14.9 Å². The van der Waals surface area contributed by atoms with Gasteiger partial charge in [-0.05, 0) is 12.1 Å². The number of halogens is 1. The summed E-state index contributed by atoms with van der Waals surface area (Å²) in [6, 6.07) is 3.57. The summed E-state index contributed by atoms with van der Waals surface area (Å²) in [5.41, 5.74) is -0.279. The van der Waals surface area contributed by atoms with Gasteiger partial charge in [-0.1, -0.05) is 0 Å². The van der Waals surface area contributed by atoms with Crippen molar-refractivity contribution in [3.8, 4) is 5.75 Å². The number of aliphatic hydroxyl groups excluding tert-OH is 1. The lowest BCUT2D eigenvalue weighted by molar-refractivity contribution is -0.147. The lowest BCUT2D eigenvalue weighted by atomic mass is 10.1. The Bertz CT molecular complexity index is 351. The van der Waals surface area contributed by atoms with Gasteiger partial charge in [0.1, 0.15) is 11.6 Å². The summed E-state index contributed by atoms with van der Waals surface area (Å²) in [5.74, 6) is -2.03. The third-order valence-electron chi connectivity index (χ3n) is 1.74. The molecule has 0 aliphatic rings. The predicted octanol–water partition coefficient (Wildman–Crippen LogP) is 0.952. The number of methoxy groups -OCH3 is 1. The first-order valence-electron chi connectivity index (χ1n) is 3.80. The van der Waals surface area contributed by atoms with Gasteiger partial charge in [-0.15, -0.1) is 0 Å². The molecule has 0 aliphatic heterocycles. The van der Waals surface area contributed by atoms with Crippen LogP contribution in [0.25, 0.3) is 0 Å². The van der Waals surface area contributed by atoms with Crippen LogP contribution in [0.5, 0.6) is 5.75 Å². The molecular formula is C9H9FO4. The quantitative estimate of drug-likeness (QED) is 0.762. The van der Waals surface area contributed by atoms with Crippen molar-refractivity contribution in [1.82, 2.24) is 0 Å². The maximum absolute atomic E-state index is 13.1. The van der Waals surface area contributed by atoms with E-state index in [0.29, 0.717) is 0 Å². The van der Waals surface area contributed by atoms with Gasteiger partial charge in [0.15, 0.2) is 6.10 Å². The first kappa shape index (κ1) is 10.5. The fourth-order valence-electron chi connectivity index (χ4n) is 0.990. The lowest BCUT2D eigenvalue weighted by Crippen LogP contribution is -2.12.